The molecule has 0 saturated heterocycles. The number of primary sulfonamides is 1. The highest BCUT2D eigenvalue weighted by atomic mass is 32.2. The Kier molecular flexibility index (Phi) is 2.67. The lowest BCUT2D eigenvalue weighted by Gasteiger charge is -2.18. The van der Waals surface area contributed by atoms with E-state index in [9.17, 15) is 8.42 Å². The number of hydrogen-bond acceptors (Lipinski definition) is 3. The molecule has 14 heavy (non-hydrogen) atoms. The molecule has 5 heteroatoms. The minimum Gasteiger partial charge on any atom is -0.322 e. The van der Waals surface area contributed by atoms with Crippen molar-refractivity contribution < 1.29 is 8.42 Å². The quantitative estimate of drug-likeness (QED) is 0.752. The average molecular weight is 214 g/mol. The van der Waals surface area contributed by atoms with Gasteiger partial charge in [0.15, 0.2) is 0 Å². The molecular weight excluding hydrogens is 200 g/mol. The predicted molar refractivity (Wildman–Crippen MR) is 55.0 cm³/mol. The third-order valence-corrected chi connectivity index (χ3v) is 2.86. The Morgan fingerprint density at radius 3 is 1.86 bits per heavy atom. The molecule has 78 valence electrons. The molecule has 4 nitrogen and oxygen atoms in total. The molecule has 0 aromatic heterocycles. The lowest BCUT2D eigenvalue weighted by molar-refractivity contribution is 0.553. The Bertz CT molecular complexity index is 415. The first-order valence-corrected chi connectivity index (χ1v) is 5.68. The highest BCUT2D eigenvalue weighted by Gasteiger charge is 2.15. The second-order valence-corrected chi connectivity index (χ2v) is 5.35. The molecule has 0 fully saturated rings. The molecule has 0 aliphatic rings. The zero-order valence-corrected chi connectivity index (χ0v) is 9.01. The van der Waals surface area contributed by atoms with Crippen molar-refractivity contribution in [1.82, 2.24) is 0 Å². The summed E-state index contributed by atoms with van der Waals surface area (Å²) in [6, 6.07) is 6.25. The van der Waals surface area contributed by atoms with Crippen LogP contribution in [0.3, 0.4) is 0 Å². The van der Waals surface area contributed by atoms with Crippen LogP contribution in [0.4, 0.5) is 0 Å². The van der Waals surface area contributed by atoms with Crippen molar-refractivity contribution in [3.8, 4) is 0 Å². The Hall–Kier alpha value is -0.910. The zero-order valence-electron chi connectivity index (χ0n) is 8.19. The maximum absolute atomic E-state index is 10.9. The van der Waals surface area contributed by atoms with Gasteiger partial charge in [-0.25, -0.2) is 13.6 Å². The smallest absolute Gasteiger partial charge is 0.238 e. The molecule has 0 aliphatic carbocycles. The van der Waals surface area contributed by atoms with Crippen molar-refractivity contribution in [2.45, 2.75) is 24.3 Å². The maximum atomic E-state index is 10.9. The van der Waals surface area contributed by atoms with Crippen LogP contribution in [-0.4, -0.2) is 8.42 Å². The molecule has 0 radical (unpaired) electrons. The summed E-state index contributed by atoms with van der Waals surface area (Å²) >= 11 is 0. The van der Waals surface area contributed by atoms with E-state index in [1.807, 2.05) is 13.8 Å². The van der Waals surface area contributed by atoms with Crippen molar-refractivity contribution in [3.63, 3.8) is 0 Å². The molecule has 1 rings (SSSR count). The second-order valence-electron chi connectivity index (χ2n) is 3.79. The lowest BCUT2D eigenvalue weighted by atomic mass is 9.96. The van der Waals surface area contributed by atoms with Gasteiger partial charge in [-0.3, -0.25) is 0 Å². The highest BCUT2D eigenvalue weighted by molar-refractivity contribution is 7.89. The van der Waals surface area contributed by atoms with Gasteiger partial charge in [-0.1, -0.05) is 12.1 Å². The fourth-order valence-corrected chi connectivity index (χ4v) is 1.59. The molecule has 0 amide bonds. The Morgan fingerprint density at radius 1 is 1.14 bits per heavy atom. The van der Waals surface area contributed by atoms with Gasteiger partial charge in [0.2, 0.25) is 10.0 Å². The number of rotatable bonds is 2. The summed E-state index contributed by atoms with van der Waals surface area (Å²) in [4.78, 5) is 0.102. The fraction of sp³-hybridized carbons (Fsp3) is 0.333. The summed E-state index contributed by atoms with van der Waals surface area (Å²) < 4.78 is 21.9. The molecule has 0 unspecified atom stereocenters. The third kappa shape index (κ3) is 2.54. The largest absolute Gasteiger partial charge is 0.322 e. The molecule has 0 saturated carbocycles. The number of sulfonamides is 1. The van der Waals surface area contributed by atoms with Crippen molar-refractivity contribution >= 4 is 10.0 Å². The van der Waals surface area contributed by atoms with Crippen molar-refractivity contribution in [3.05, 3.63) is 29.8 Å². The first-order chi connectivity index (χ1) is 6.21. The summed E-state index contributed by atoms with van der Waals surface area (Å²) in [6.07, 6.45) is 0. The van der Waals surface area contributed by atoms with Crippen LogP contribution in [0.25, 0.3) is 0 Å². The topological polar surface area (TPSA) is 86.2 Å². The van der Waals surface area contributed by atoms with Gasteiger partial charge in [0.05, 0.1) is 4.90 Å². The summed E-state index contributed by atoms with van der Waals surface area (Å²) in [5, 5.41) is 4.96. The molecule has 4 N–H and O–H groups in total. The summed E-state index contributed by atoms with van der Waals surface area (Å²) in [7, 11) is -3.61. The van der Waals surface area contributed by atoms with Crippen LogP contribution in [0.1, 0.15) is 19.4 Å². The van der Waals surface area contributed by atoms with Crippen LogP contribution in [0.5, 0.6) is 0 Å². The van der Waals surface area contributed by atoms with Crippen LogP contribution >= 0.6 is 0 Å². The van der Waals surface area contributed by atoms with Gasteiger partial charge in [-0.2, -0.15) is 0 Å². The summed E-state index contributed by atoms with van der Waals surface area (Å²) in [5.74, 6) is 0. The van der Waals surface area contributed by atoms with Crippen molar-refractivity contribution in [1.29, 1.82) is 0 Å². The Labute approximate surface area is 84.0 Å². The number of nitrogens with two attached hydrogens (primary N) is 2. The normalized spacial score (nSPS) is 12.9. The van der Waals surface area contributed by atoms with Crippen molar-refractivity contribution in [2.75, 3.05) is 0 Å². The van der Waals surface area contributed by atoms with Crippen LogP contribution in [0, 0.1) is 0 Å². The molecule has 0 bridgehead atoms. The van der Waals surface area contributed by atoms with E-state index in [-0.39, 0.29) is 4.90 Å². The molecule has 1 aromatic rings. The Balaban J connectivity index is 3.14. The van der Waals surface area contributed by atoms with E-state index < -0.39 is 15.6 Å². The van der Waals surface area contributed by atoms with Gasteiger partial charge in [-0.15, -0.1) is 0 Å². The van der Waals surface area contributed by atoms with E-state index in [1.54, 1.807) is 12.1 Å². The SMILES string of the molecule is CC(C)(N)c1ccc(S(N)(=O)=O)cc1. The minimum absolute atomic E-state index is 0.102. The maximum Gasteiger partial charge on any atom is 0.238 e. The summed E-state index contributed by atoms with van der Waals surface area (Å²) in [5.41, 5.74) is 6.23. The molecule has 1 aromatic carbocycles. The van der Waals surface area contributed by atoms with Gasteiger partial charge in [0.25, 0.3) is 0 Å². The fourth-order valence-electron chi connectivity index (χ4n) is 1.07. The van der Waals surface area contributed by atoms with Gasteiger partial charge < -0.3 is 5.73 Å². The second kappa shape index (κ2) is 3.34. The molecule has 0 atom stereocenters. The molecule has 0 heterocycles. The standard InChI is InChI=1S/C9H14N2O2S/c1-9(2,10)7-3-5-8(6-4-7)14(11,12)13/h3-6H,10H2,1-2H3,(H2,11,12,13). The van der Waals surface area contributed by atoms with E-state index >= 15 is 0 Å². The lowest BCUT2D eigenvalue weighted by Crippen LogP contribution is -2.28. The number of benzene rings is 1. The molecular formula is C9H14N2O2S. The predicted octanol–water partition coefficient (Wildman–Crippen LogP) is 0.528. The van der Waals surface area contributed by atoms with E-state index in [2.05, 4.69) is 0 Å². The summed E-state index contributed by atoms with van der Waals surface area (Å²) in [6.45, 7) is 3.69. The number of hydrogen-bond donors (Lipinski definition) is 2. The van der Waals surface area contributed by atoms with Gasteiger partial charge >= 0.3 is 0 Å². The minimum atomic E-state index is -3.61. The Morgan fingerprint density at radius 2 is 1.57 bits per heavy atom. The first-order valence-electron chi connectivity index (χ1n) is 4.13. The van der Waals surface area contributed by atoms with Crippen LogP contribution in [-0.2, 0) is 15.6 Å². The molecule has 0 aliphatic heterocycles. The van der Waals surface area contributed by atoms with E-state index in [0.29, 0.717) is 0 Å². The van der Waals surface area contributed by atoms with E-state index in [0.717, 1.165) is 5.56 Å². The van der Waals surface area contributed by atoms with Gasteiger partial charge in [-0.05, 0) is 31.5 Å². The van der Waals surface area contributed by atoms with Gasteiger partial charge in [0.1, 0.15) is 0 Å². The molecule has 0 spiro atoms. The van der Waals surface area contributed by atoms with Crippen molar-refractivity contribution in [2.24, 2.45) is 10.9 Å². The average Bonchev–Trinajstić information content (AvgIpc) is 2.01. The van der Waals surface area contributed by atoms with Crippen LogP contribution in [0.15, 0.2) is 29.2 Å². The monoisotopic (exact) mass is 214 g/mol. The van der Waals surface area contributed by atoms with Crippen LogP contribution in [0.2, 0.25) is 0 Å². The van der Waals surface area contributed by atoms with Crippen LogP contribution < -0.4 is 10.9 Å². The van der Waals surface area contributed by atoms with E-state index in [1.165, 1.54) is 12.1 Å². The first kappa shape index (κ1) is 11.2. The van der Waals surface area contributed by atoms with Gasteiger partial charge in [0, 0.05) is 5.54 Å². The highest BCUT2D eigenvalue weighted by Crippen LogP contribution is 2.18. The third-order valence-electron chi connectivity index (χ3n) is 1.93. The van der Waals surface area contributed by atoms with E-state index in [4.69, 9.17) is 10.9 Å². The zero-order chi connectivity index (χ0) is 11.0.